The van der Waals surface area contributed by atoms with Crippen LogP contribution in [-0.4, -0.2) is 22.1 Å². The van der Waals surface area contributed by atoms with Crippen molar-refractivity contribution >= 4 is 28.3 Å². The van der Waals surface area contributed by atoms with Crippen LogP contribution in [0.5, 0.6) is 0 Å². The average Bonchev–Trinajstić information content (AvgIpc) is 3.02. The third-order valence-corrected chi connectivity index (χ3v) is 3.89. The van der Waals surface area contributed by atoms with Crippen molar-refractivity contribution in [1.29, 1.82) is 0 Å². The summed E-state index contributed by atoms with van der Waals surface area (Å²) < 4.78 is 2.14. The normalized spacial score (nSPS) is 10.6. The molecule has 0 fully saturated rings. The van der Waals surface area contributed by atoms with Crippen molar-refractivity contribution in [3.8, 4) is 0 Å². The van der Waals surface area contributed by atoms with Gasteiger partial charge >= 0.3 is 6.03 Å². The monoisotopic (exact) mass is 338 g/mol. The average molecular weight is 338 g/mol. The van der Waals surface area contributed by atoms with Crippen molar-refractivity contribution in [2.45, 2.75) is 13.0 Å². The summed E-state index contributed by atoms with van der Waals surface area (Å²) in [5.74, 6) is 0. The number of hydrogen-bond acceptors (Lipinski definition) is 3. The van der Waals surface area contributed by atoms with Gasteiger partial charge in [-0.25, -0.2) is 4.79 Å². The molecule has 7 heteroatoms. The number of aryl methyl sites for hydroxylation is 1. The number of amides is 2. The Morgan fingerprint density at radius 3 is 2.68 bits per heavy atom. The van der Waals surface area contributed by atoms with Gasteiger partial charge in [-0.1, -0.05) is 30.3 Å². The van der Waals surface area contributed by atoms with Crippen molar-refractivity contribution in [3.63, 3.8) is 0 Å². The van der Waals surface area contributed by atoms with E-state index in [-0.39, 0.29) is 11.4 Å². The fourth-order valence-corrected chi connectivity index (χ4v) is 2.69. The summed E-state index contributed by atoms with van der Waals surface area (Å²) in [7, 11) is 0. The Morgan fingerprint density at radius 2 is 1.84 bits per heavy atom. The topological polar surface area (TPSA) is 89.2 Å². The fourth-order valence-electron chi connectivity index (χ4n) is 2.69. The first kappa shape index (κ1) is 16.5. The van der Waals surface area contributed by atoms with Crippen molar-refractivity contribution in [2.24, 2.45) is 0 Å². The molecule has 25 heavy (non-hydrogen) atoms. The summed E-state index contributed by atoms with van der Waals surface area (Å²) in [6, 6.07) is 15.8. The van der Waals surface area contributed by atoms with Crippen LogP contribution >= 0.6 is 0 Å². The number of carbonyl (C=O) groups is 1. The van der Waals surface area contributed by atoms with Gasteiger partial charge in [0.05, 0.1) is 4.92 Å². The van der Waals surface area contributed by atoms with E-state index in [1.54, 1.807) is 12.1 Å². The quantitative estimate of drug-likeness (QED) is 0.407. The van der Waals surface area contributed by atoms with Crippen LogP contribution in [-0.2, 0) is 6.54 Å². The summed E-state index contributed by atoms with van der Waals surface area (Å²) >= 11 is 0. The van der Waals surface area contributed by atoms with Crippen molar-refractivity contribution < 1.29 is 9.72 Å². The lowest BCUT2D eigenvalue weighted by Crippen LogP contribution is -2.30. The molecule has 0 aliphatic carbocycles. The van der Waals surface area contributed by atoms with Gasteiger partial charge in [0.15, 0.2) is 0 Å². The SMILES string of the molecule is O=C(NCCCn1ccc2ccccc21)Nc1ccccc1[N+](=O)[O-]. The molecule has 0 radical (unpaired) electrons. The third-order valence-electron chi connectivity index (χ3n) is 3.89. The Bertz CT molecular complexity index is 904. The lowest BCUT2D eigenvalue weighted by Gasteiger charge is -2.09. The molecule has 3 rings (SSSR count). The summed E-state index contributed by atoms with van der Waals surface area (Å²) in [5.41, 5.74) is 1.21. The van der Waals surface area contributed by atoms with Gasteiger partial charge in [0.1, 0.15) is 5.69 Å². The number of anilines is 1. The van der Waals surface area contributed by atoms with Crippen LogP contribution in [0, 0.1) is 10.1 Å². The summed E-state index contributed by atoms with van der Waals surface area (Å²) in [5, 5.41) is 17.4. The van der Waals surface area contributed by atoms with E-state index in [0.717, 1.165) is 18.5 Å². The maximum absolute atomic E-state index is 11.9. The minimum Gasteiger partial charge on any atom is -0.347 e. The highest BCUT2D eigenvalue weighted by molar-refractivity contribution is 5.91. The van der Waals surface area contributed by atoms with Gasteiger partial charge in [0.25, 0.3) is 5.69 Å². The van der Waals surface area contributed by atoms with Crippen molar-refractivity contribution in [2.75, 3.05) is 11.9 Å². The lowest BCUT2D eigenvalue weighted by molar-refractivity contribution is -0.383. The van der Waals surface area contributed by atoms with Crippen LogP contribution in [0.3, 0.4) is 0 Å². The van der Waals surface area contributed by atoms with Crippen molar-refractivity contribution in [1.82, 2.24) is 9.88 Å². The molecule has 0 saturated carbocycles. The van der Waals surface area contributed by atoms with Crippen LogP contribution in [0.2, 0.25) is 0 Å². The fraction of sp³-hybridized carbons (Fsp3) is 0.167. The molecule has 1 heterocycles. The standard InChI is InChI=1S/C18H18N4O3/c23-18(20-15-7-2-4-9-17(15)22(24)25)19-11-5-12-21-13-10-14-6-1-3-8-16(14)21/h1-4,6-10,13H,5,11-12H2,(H2,19,20,23). The second kappa shape index (κ2) is 7.48. The first-order valence-electron chi connectivity index (χ1n) is 7.97. The van der Waals surface area contributed by atoms with Gasteiger partial charge in [-0.15, -0.1) is 0 Å². The molecule has 0 spiro atoms. The lowest BCUT2D eigenvalue weighted by atomic mass is 10.2. The van der Waals surface area contributed by atoms with Crippen LogP contribution in [0.1, 0.15) is 6.42 Å². The zero-order valence-corrected chi connectivity index (χ0v) is 13.5. The maximum atomic E-state index is 11.9. The second-order valence-corrected chi connectivity index (χ2v) is 5.58. The highest BCUT2D eigenvalue weighted by Crippen LogP contribution is 2.22. The Hall–Kier alpha value is -3.35. The molecule has 3 aromatic rings. The van der Waals surface area contributed by atoms with Gasteiger partial charge in [-0.05, 0) is 30.0 Å². The molecule has 0 unspecified atom stereocenters. The van der Waals surface area contributed by atoms with Crippen LogP contribution in [0.15, 0.2) is 60.8 Å². The van der Waals surface area contributed by atoms with E-state index in [1.807, 2.05) is 18.3 Å². The number of carbonyl (C=O) groups excluding carboxylic acids is 1. The summed E-state index contributed by atoms with van der Waals surface area (Å²) in [6.07, 6.45) is 2.78. The molecule has 0 aliphatic heterocycles. The summed E-state index contributed by atoms with van der Waals surface area (Å²) in [6.45, 7) is 1.25. The zero-order valence-electron chi connectivity index (χ0n) is 13.5. The molecule has 2 amide bonds. The highest BCUT2D eigenvalue weighted by Gasteiger charge is 2.14. The molecule has 0 atom stereocenters. The number of nitro benzene ring substituents is 1. The number of nitrogens with zero attached hydrogens (tertiary/aromatic N) is 2. The van der Waals surface area contributed by atoms with Gasteiger partial charge in [0.2, 0.25) is 0 Å². The number of hydrogen-bond donors (Lipinski definition) is 2. The van der Waals surface area contributed by atoms with Crippen LogP contribution < -0.4 is 10.6 Å². The number of nitrogens with one attached hydrogen (secondary N) is 2. The van der Waals surface area contributed by atoms with E-state index in [9.17, 15) is 14.9 Å². The number of para-hydroxylation sites is 3. The third kappa shape index (κ3) is 3.95. The van der Waals surface area contributed by atoms with Crippen molar-refractivity contribution in [3.05, 3.63) is 70.9 Å². The predicted molar refractivity (Wildman–Crippen MR) is 96.7 cm³/mol. The van der Waals surface area contributed by atoms with E-state index in [4.69, 9.17) is 0 Å². The Labute approximate surface area is 144 Å². The van der Waals surface area contributed by atoms with E-state index in [1.165, 1.54) is 17.5 Å². The number of aromatic nitrogens is 1. The molecule has 0 bridgehead atoms. The number of urea groups is 1. The smallest absolute Gasteiger partial charge is 0.319 e. The Balaban J connectivity index is 1.49. The van der Waals surface area contributed by atoms with E-state index in [2.05, 4.69) is 33.4 Å². The molecule has 0 saturated heterocycles. The maximum Gasteiger partial charge on any atom is 0.319 e. The number of rotatable bonds is 6. The molecular formula is C18H18N4O3. The Morgan fingerprint density at radius 1 is 1.08 bits per heavy atom. The molecule has 2 N–H and O–H groups in total. The highest BCUT2D eigenvalue weighted by atomic mass is 16.6. The van der Waals surface area contributed by atoms with E-state index in [0.29, 0.717) is 6.54 Å². The van der Waals surface area contributed by atoms with Crippen LogP contribution in [0.4, 0.5) is 16.2 Å². The number of benzene rings is 2. The first-order chi connectivity index (χ1) is 12.1. The molecule has 1 aromatic heterocycles. The molecule has 7 nitrogen and oxygen atoms in total. The van der Waals surface area contributed by atoms with Gasteiger partial charge in [-0.3, -0.25) is 10.1 Å². The second-order valence-electron chi connectivity index (χ2n) is 5.58. The van der Waals surface area contributed by atoms with E-state index < -0.39 is 11.0 Å². The largest absolute Gasteiger partial charge is 0.347 e. The molecule has 2 aromatic carbocycles. The van der Waals surface area contributed by atoms with E-state index >= 15 is 0 Å². The minimum atomic E-state index is -0.521. The minimum absolute atomic E-state index is 0.128. The first-order valence-corrected chi connectivity index (χ1v) is 7.97. The van der Waals surface area contributed by atoms with Crippen LogP contribution in [0.25, 0.3) is 10.9 Å². The Kier molecular flexibility index (Phi) is 4.94. The molecule has 0 aliphatic rings. The number of nitro groups is 1. The molecular weight excluding hydrogens is 320 g/mol. The zero-order chi connectivity index (χ0) is 17.6. The van der Waals surface area contributed by atoms with Gasteiger partial charge in [0, 0.05) is 30.9 Å². The molecule has 128 valence electrons. The number of fused-ring (bicyclic) bond motifs is 1. The predicted octanol–water partition coefficient (Wildman–Crippen LogP) is 3.76. The summed E-state index contributed by atoms with van der Waals surface area (Å²) in [4.78, 5) is 22.3. The van der Waals surface area contributed by atoms with Gasteiger partial charge < -0.3 is 15.2 Å². The van der Waals surface area contributed by atoms with Gasteiger partial charge in [-0.2, -0.15) is 0 Å².